The third-order valence-electron chi connectivity index (χ3n) is 7.75. The fraction of sp³-hybridized carbons (Fsp3) is 0.583. The summed E-state index contributed by atoms with van der Waals surface area (Å²) in [7, 11) is 0. The number of alkyl carbamates (subject to hydrolysis) is 1. The topological polar surface area (TPSA) is 151 Å². The van der Waals surface area contributed by atoms with Gasteiger partial charge in [-0.15, -0.1) is 0 Å². The SMILES string of the molecule is CC(C)n1nc(-c2ccc(N)c(F)c2)c2c(N(C(=O)OC(C)(C)C)C(=O)OC(C)(C)C)ncc(C3CCC(NC(=O)OC(C)(C)C)CC3)c21. The van der Waals surface area contributed by atoms with E-state index in [4.69, 9.17) is 30.0 Å². The first-order valence-electron chi connectivity index (χ1n) is 16.8. The highest BCUT2D eigenvalue weighted by atomic mass is 19.1. The number of ether oxygens (including phenoxy) is 3. The summed E-state index contributed by atoms with van der Waals surface area (Å²) >= 11 is 0. The molecule has 3 amide bonds. The summed E-state index contributed by atoms with van der Waals surface area (Å²) in [4.78, 5) is 45.7. The molecule has 49 heavy (non-hydrogen) atoms. The van der Waals surface area contributed by atoms with Crippen LogP contribution in [0.25, 0.3) is 22.2 Å². The molecule has 13 heteroatoms. The van der Waals surface area contributed by atoms with Gasteiger partial charge >= 0.3 is 18.3 Å². The smallest absolute Gasteiger partial charge is 0.425 e. The van der Waals surface area contributed by atoms with Crippen molar-refractivity contribution < 1.29 is 33.0 Å². The van der Waals surface area contributed by atoms with Crippen LogP contribution in [0.5, 0.6) is 0 Å². The molecule has 0 aliphatic heterocycles. The lowest BCUT2D eigenvalue weighted by Crippen LogP contribution is -2.44. The maximum Gasteiger partial charge on any atom is 0.425 e. The van der Waals surface area contributed by atoms with Crippen LogP contribution in [-0.2, 0) is 14.2 Å². The molecule has 0 atom stereocenters. The highest BCUT2D eigenvalue weighted by Gasteiger charge is 2.38. The predicted molar refractivity (Wildman–Crippen MR) is 187 cm³/mol. The van der Waals surface area contributed by atoms with Crippen LogP contribution in [-0.4, -0.2) is 55.9 Å². The Kier molecular flexibility index (Phi) is 10.6. The van der Waals surface area contributed by atoms with Crippen LogP contribution in [0, 0.1) is 5.82 Å². The van der Waals surface area contributed by atoms with Crippen LogP contribution in [0.15, 0.2) is 24.4 Å². The van der Waals surface area contributed by atoms with E-state index < -0.39 is 40.9 Å². The molecular formula is C36H51FN6O6. The molecule has 3 N–H and O–H groups in total. The van der Waals surface area contributed by atoms with Crippen molar-refractivity contribution in [3.8, 4) is 11.3 Å². The summed E-state index contributed by atoms with van der Waals surface area (Å²) in [5, 5.41) is 8.30. The quantitative estimate of drug-likeness (QED) is 0.199. The van der Waals surface area contributed by atoms with Crippen molar-refractivity contribution in [3.05, 3.63) is 35.8 Å². The van der Waals surface area contributed by atoms with E-state index in [1.165, 1.54) is 12.1 Å². The van der Waals surface area contributed by atoms with Crippen molar-refractivity contribution in [3.63, 3.8) is 0 Å². The molecule has 0 bridgehead atoms. The number of amides is 3. The number of rotatable bonds is 5. The molecule has 3 aromatic rings. The van der Waals surface area contributed by atoms with E-state index in [-0.39, 0.29) is 29.5 Å². The summed E-state index contributed by atoms with van der Waals surface area (Å²) in [6.45, 7) is 19.5. The molecule has 0 spiro atoms. The van der Waals surface area contributed by atoms with E-state index in [1.54, 1.807) is 53.8 Å². The maximum atomic E-state index is 14.9. The van der Waals surface area contributed by atoms with E-state index in [0.29, 0.717) is 47.8 Å². The minimum Gasteiger partial charge on any atom is -0.444 e. The number of nitrogens with two attached hydrogens (primary N) is 1. The zero-order valence-corrected chi connectivity index (χ0v) is 30.6. The van der Waals surface area contributed by atoms with Gasteiger partial charge in [0, 0.05) is 23.8 Å². The number of pyridine rings is 1. The van der Waals surface area contributed by atoms with Crippen LogP contribution >= 0.6 is 0 Å². The summed E-state index contributed by atoms with van der Waals surface area (Å²) in [6.07, 6.45) is 2.07. The lowest BCUT2D eigenvalue weighted by molar-refractivity contribution is 0.0425. The second-order valence-corrected chi connectivity index (χ2v) is 15.9. The number of anilines is 2. The Morgan fingerprint density at radius 3 is 1.96 bits per heavy atom. The fourth-order valence-electron chi connectivity index (χ4n) is 5.78. The summed E-state index contributed by atoms with van der Waals surface area (Å²) < 4.78 is 33.6. The van der Waals surface area contributed by atoms with Gasteiger partial charge in [-0.05, 0) is 125 Å². The summed E-state index contributed by atoms with van der Waals surface area (Å²) in [5.41, 5.74) is 5.48. The minimum atomic E-state index is -0.983. The number of nitrogen functional groups attached to an aromatic ring is 1. The van der Waals surface area contributed by atoms with Gasteiger partial charge in [0.05, 0.1) is 16.6 Å². The maximum absolute atomic E-state index is 14.9. The molecule has 1 aromatic carbocycles. The summed E-state index contributed by atoms with van der Waals surface area (Å²) in [6, 6.07) is 4.12. The number of aromatic nitrogens is 3. The van der Waals surface area contributed by atoms with E-state index >= 15 is 0 Å². The molecule has 1 aliphatic carbocycles. The first-order chi connectivity index (χ1) is 22.5. The number of nitrogens with zero attached hydrogens (tertiary/aromatic N) is 4. The van der Waals surface area contributed by atoms with E-state index in [9.17, 15) is 18.8 Å². The van der Waals surface area contributed by atoms with E-state index in [2.05, 4.69) is 5.32 Å². The van der Waals surface area contributed by atoms with Crippen molar-refractivity contribution in [2.75, 3.05) is 10.6 Å². The third kappa shape index (κ3) is 9.18. The van der Waals surface area contributed by atoms with Gasteiger partial charge in [0.2, 0.25) is 0 Å². The van der Waals surface area contributed by atoms with Gasteiger partial charge in [0.15, 0.2) is 5.82 Å². The number of carbonyl (C=O) groups excluding carboxylic acids is 3. The van der Waals surface area contributed by atoms with Gasteiger partial charge in [0.25, 0.3) is 0 Å². The molecule has 12 nitrogen and oxygen atoms in total. The number of carbonyl (C=O) groups is 3. The highest BCUT2D eigenvalue weighted by Crippen LogP contribution is 2.43. The monoisotopic (exact) mass is 682 g/mol. The Balaban J connectivity index is 1.91. The zero-order valence-electron chi connectivity index (χ0n) is 30.6. The number of nitrogens with one attached hydrogen (secondary N) is 1. The Labute approximate surface area is 287 Å². The average molecular weight is 683 g/mol. The second kappa shape index (κ2) is 13.8. The molecular weight excluding hydrogens is 631 g/mol. The normalized spacial score (nSPS) is 17.2. The van der Waals surface area contributed by atoms with Crippen LogP contribution < -0.4 is 16.0 Å². The second-order valence-electron chi connectivity index (χ2n) is 15.9. The van der Waals surface area contributed by atoms with E-state index in [0.717, 1.165) is 10.5 Å². The molecule has 0 saturated heterocycles. The molecule has 0 radical (unpaired) electrons. The number of hydrogen-bond acceptors (Lipinski definition) is 9. The predicted octanol–water partition coefficient (Wildman–Crippen LogP) is 8.63. The van der Waals surface area contributed by atoms with Gasteiger partial charge in [-0.1, -0.05) is 6.07 Å². The first-order valence-corrected chi connectivity index (χ1v) is 16.8. The van der Waals surface area contributed by atoms with Crippen molar-refractivity contribution in [2.24, 2.45) is 0 Å². The number of benzene rings is 1. The van der Waals surface area contributed by atoms with Gasteiger partial charge in [-0.3, -0.25) is 4.68 Å². The van der Waals surface area contributed by atoms with Gasteiger partial charge in [-0.25, -0.2) is 23.8 Å². The molecule has 1 aliphatic rings. The lowest BCUT2D eigenvalue weighted by atomic mass is 9.81. The number of hydrogen-bond donors (Lipinski definition) is 2. The van der Waals surface area contributed by atoms with Crippen molar-refractivity contribution in [2.45, 2.75) is 137 Å². The van der Waals surface area contributed by atoms with Crippen molar-refractivity contribution in [1.29, 1.82) is 0 Å². The Hall–Kier alpha value is -4.42. The molecule has 0 unspecified atom stereocenters. The Morgan fingerprint density at radius 2 is 1.47 bits per heavy atom. The molecule has 4 rings (SSSR count). The molecule has 268 valence electrons. The molecule has 1 fully saturated rings. The number of imide groups is 1. The lowest BCUT2D eigenvalue weighted by Gasteiger charge is -2.31. The van der Waals surface area contributed by atoms with Gasteiger partial charge in [0.1, 0.15) is 28.3 Å². The molecule has 2 heterocycles. The number of fused-ring (bicyclic) bond motifs is 1. The Bertz CT molecular complexity index is 1680. The standard InChI is InChI=1S/C36H51FN6O6/c1-20(2)43-29-24(21-12-15-23(16-13-21)40-31(44)47-34(3,4)5)19-39-30(27(29)28(41-43)22-14-17-26(38)25(37)18-22)42(32(45)48-35(6,7)8)33(46)49-36(9,10)11/h14,17-21,23H,12-13,15-16,38H2,1-11H3,(H,40,44). The average Bonchev–Trinajstić information content (AvgIpc) is 3.34. The number of halogens is 1. The molecule has 1 saturated carbocycles. The fourth-order valence-corrected chi connectivity index (χ4v) is 5.78. The van der Waals surface area contributed by atoms with Crippen LogP contribution in [0.1, 0.15) is 119 Å². The Morgan fingerprint density at radius 1 is 0.918 bits per heavy atom. The zero-order chi connectivity index (χ0) is 36.6. The van der Waals surface area contributed by atoms with Crippen LogP contribution in [0.4, 0.5) is 30.3 Å². The minimum absolute atomic E-state index is 0.00226. The van der Waals surface area contributed by atoms with Gasteiger partial charge < -0.3 is 25.3 Å². The first kappa shape index (κ1) is 37.4. The van der Waals surface area contributed by atoms with Crippen molar-refractivity contribution in [1.82, 2.24) is 20.1 Å². The van der Waals surface area contributed by atoms with Crippen molar-refractivity contribution >= 4 is 40.7 Å². The molecule has 2 aromatic heterocycles. The van der Waals surface area contributed by atoms with Crippen LogP contribution in [0.3, 0.4) is 0 Å². The van der Waals surface area contributed by atoms with Gasteiger partial charge in [-0.2, -0.15) is 10.00 Å². The van der Waals surface area contributed by atoms with E-state index in [1.807, 2.05) is 39.3 Å². The summed E-state index contributed by atoms with van der Waals surface area (Å²) in [5.74, 6) is -0.688. The third-order valence-corrected chi connectivity index (χ3v) is 7.75. The highest BCUT2D eigenvalue weighted by molar-refractivity contribution is 6.16. The largest absolute Gasteiger partial charge is 0.444 e. The van der Waals surface area contributed by atoms with Crippen LogP contribution in [0.2, 0.25) is 0 Å².